The predicted molar refractivity (Wildman–Crippen MR) is 108 cm³/mol. The van der Waals surface area contributed by atoms with Crippen molar-refractivity contribution in [2.45, 2.75) is 31.8 Å². The van der Waals surface area contributed by atoms with Crippen LogP contribution in [0.4, 0.5) is 5.69 Å². The second-order valence-electron chi connectivity index (χ2n) is 7.35. The first-order valence-electron chi connectivity index (χ1n) is 9.69. The van der Waals surface area contributed by atoms with Crippen LogP contribution in [0, 0.1) is 0 Å². The fraction of sp³-hybridized carbons (Fsp3) is 0.650. The van der Waals surface area contributed by atoms with Crippen LogP contribution >= 0.6 is 0 Å². The molecule has 1 unspecified atom stereocenters. The molecule has 2 fully saturated rings. The van der Waals surface area contributed by atoms with Gasteiger partial charge in [0.05, 0.1) is 7.11 Å². The SMILES string of the molecule is CN=C(NCC(C)N(C)C1CC1)N1CCN(c2ccc(OC)cc2)CC1. The van der Waals surface area contributed by atoms with Crippen LogP contribution in [0.1, 0.15) is 19.8 Å². The molecule has 0 bridgehead atoms. The Morgan fingerprint density at radius 2 is 1.88 bits per heavy atom. The number of methoxy groups -OCH3 is 1. The molecule has 1 heterocycles. The van der Waals surface area contributed by atoms with Crippen LogP contribution in [0.2, 0.25) is 0 Å². The number of hydrogen-bond donors (Lipinski definition) is 1. The van der Waals surface area contributed by atoms with Crippen molar-refractivity contribution >= 4 is 11.6 Å². The molecule has 0 radical (unpaired) electrons. The topological polar surface area (TPSA) is 43.3 Å². The van der Waals surface area contributed by atoms with Crippen LogP contribution in [-0.4, -0.2) is 81.8 Å². The van der Waals surface area contributed by atoms with Crippen molar-refractivity contribution in [1.82, 2.24) is 15.1 Å². The van der Waals surface area contributed by atoms with Gasteiger partial charge in [0.1, 0.15) is 5.75 Å². The number of hydrogen-bond acceptors (Lipinski definition) is 4. The van der Waals surface area contributed by atoms with Crippen LogP contribution in [0.3, 0.4) is 0 Å². The minimum Gasteiger partial charge on any atom is -0.497 e. The van der Waals surface area contributed by atoms with Crippen LogP contribution in [0.15, 0.2) is 29.3 Å². The first kappa shape index (κ1) is 18.8. The fourth-order valence-electron chi connectivity index (χ4n) is 3.53. The molecule has 1 aliphatic heterocycles. The van der Waals surface area contributed by atoms with Gasteiger partial charge in [0.15, 0.2) is 5.96 Å². The van der Waals surface area contributed by atoms with Crippen LogP contribution < -0.4 is 15.0 Å². The van der Waals surface area contributed by atoms with Crippen LogP contribution in [0.5, 0.6) is 5.75 Å². The lowest BCUT2D eigenvalue weighted by Gasteiger charge is -2.38. The number of benzene rings is 1. The molecular weight excluding hydrogens is 326 g/mol. The van der Waals surface area contributed by atoms with Crippen molar-refractivity contribution in [3.8, 4) is 5.75 Å². The number of piperazine rings is 1. The smallest absolute Gasteiger partial charge is 0.193 e. The summed E-state index contributed by atoms with van der Waals surface area (Å²) in [6.07, 6.45) is 2.70. The highest BCUT2D eigenvalue weighted by atomic mass is 16.5. The summed E-state index contributed by atoms with van der Waals surface area (Å²) in [5.41, 5.74) is 1.26. The van der Waals surface area contributed by atoms with Gasteiger partial charge in [0.25, 0.3) is 0 Å². The van der Waals surface area contributed by atoms with Gasteiger partial charge in [-0.05, 0) is 51.1 Å². The molecule has 144 valence electrons. The van der Waals surface area contributed by atoms with Crippen molar-refractivity contribution in [3.05, 3.63) is 24.3 Å². The van der Waals surface area contributed by atoms with E-state index in [1.807, 2.05) is 19.2 Å². The van der Waals surface area contributed by atoms with Gasteiger partial charge in [-0.25, -0.2) is 0 Å². The van der Waals surface area contributed by atoms with E-state index in [4.69, 9.17) is 4.74 Å². The Hall–Kier alpha value is -1.95. The van der Waals surface area contributed by atoms with Crippen molar-refractivity contribution < 1.29 is 4.74 Å². The first-order chi connectivity index (χ1) is 12.6. The summed E-state index contributed by atoms with van der Waals surface area (Å²) in [5.74, 6) is 1.93. The Kier molecular flexibility index (Phi) is 6.25. The summed E-state index contributed by atoms with van der Waals surface area (Å²) < 4.78 is 5.25. The zero-order valence-electron chi connectivity index (χ0n) is 16.6. The van der Waals surface area contributed by atoms with Gasteiger partial charge in [0.2, 0.25) is 0 Å². The van der Waals surface area contributed by atoms with Gasteiger partial charge in [-0.1, -0.05) is 0 Å². The maximum Gasteiger partial charge on any atom is 0.193 e. The molecule has 26 heavy (non-hydrogen) atoms. The zero-order valence-corrected chi connectivity index (χ0v) is 16.6. The molecule has 0 aromatic heterocycles. The van der Waals surface area contributed by atoms with Gasteiger partial charge < -0.3 is 19.9 Å². The highest BCUT2D eigenvalue weighted by Crippen LogP contribution is 2.26. The Labute approximate surface area is 157 Å². The van der Waals surface area contributed by atoms with Gasteiger partial charge in [-0.3, -0.25) is 9.89 Å². The molecule has 3 rings (SSSR count). The maximum absolute atomic E-state index is 5.25. The predicted octanol–water partition coefficient (Wildman–Crippen LogP) is 1.88. The fourth-order valence-corrected chi connectivity index (χ4v) is 3.53. The molecule has 6 heteroatoms. The molecular formula is C20H33N5O. The number of rotatable bonds is 6. The van der Waals surface area contributed by atoms with Crippen LogP contribution in [-0.2, 0) is 0 Å². The van der Waals surface area contributed by atoms with E-state index in [1.54, 1.807) is 7.11 Å². The normalized spacial score (nSPS) is 19.7. The summed E-state index contributed by atoms with van der Waals surface area (Å²) in [5, 5.41) is 3.57. The molecule has 1 aromatic rings. The van der Waals surface area contributed by atoms with Crippen molar-refractivity contribution in [1.29, 1.82) is 0 Å². The van der Waals surface area contributed by atoms with E-state index in [0.29, 0.717) is 6.04 Å². The lowest BCUT2D eigenvalue weighted by atomic mass is 10.2. The number of guanidine groups is 1. The second-order valence-corrected chi connectivity index (χ2v) is 7.35. The largest absolute Gasteiger partial charge is 0.497 e. The maximum atomic E-state index is 5.25. The van der Waals surface area contributed by atoms with E-state index in [9.17, 15) is 0 Å². The van der Waals surface area contributed by atoms with Gasteiger partial charge in [0, 0.05) is 57.5 Å². The quantitative estimate of drug-likeness (QED) is 0.621. The van der Waals surface area contributed by atoms with E-state index in [2.05, 4.69) is 51.1 Å². The minimum absolute atomic E-state index is 0.528. The Balaban J connectivity index is 1.47. The lowest BCUT2D eigenvalue weighted by molar-refractivity contribution is 0.245. The highest BCUT2D eigenvalue weighted by Gasteiger charge is 2.29. The van der Waals surface area contributed by atoms with E-state index >= 15 is 0 Å². The molecule has 1 atom stereocenters. The van der Waals surface area contributed by atoms with Gasteiger partial charge in [-0.15, -0.1) is 0 Å². The summed E-state index contributed by atoms with van der Waals surface area (Å²) in [6, 6.07) is 9.65. The number of nitrogens with zero attached hydrogens (tertiary/aromatic N) is 4. The zero-order chi connectivity index (χ0) is 18.5. The molecule has 1 saturated carbocycles. The number of nitrogens with one attached hydrogen (secondary N) is 1. The van der Waals surface area contributed by atoms with Gasteiger partial charge >= 0.3 is 0 Å². The third kappa shape index (κ3) is 4.61. The summed E-state index contributed by atoms with van der Waals surface area (Å²) in [7, 11) is 5.82. The van der Waals surface area contributed by atoms with E-state index < -0.39 is 0 Å². The second kappa shape index (κ2) is 8.62. The summed E-state index contributed by atoms with van der Waals surface area (Å²) in [4.78, 5) is 11.8. The van der Waals surface area contributed by atoms with E-state index in [-0.39, 0.29) is 0 Å². The number of ether oxygens (including phenoxy) is 1. The molecule has 2 aliphatic rings. The molecule has 6 nitrogen and oxygen atoms in total. The van der Waals surface area contributed by atoms with E-state index in [1.165, 1.54) is 18.5 Å². The lowest BCUT2D eigenvalue weighted by Crippen LogP contribution is -2.54. The Morgan fingerprint density at radius 3 is 2.42 bits per heavy atom. The monoisotopic (exact) mass is 359 g/mol. The third-order valence-corrected chi connectivity index (χ3v) is 5.60. The number of anilines is 1. The average molecular weight is 360 g/mol. The minimum atomic E-state index is 0.528. The molecule has 1 saturated heterocycles. The average Bonchev–Trinajstić information content (AvgIpc) is 3.53. The Bertz CT molecular complexity index is 591. The first-order valence-corrected chi connectivity index (χ1v) is 9.69. The summed E-state index contributed by atoms with van der Waals surface area (Å²) in [6.45, 7) is 7.21. The van der Waals surface area contributed by atoms with Crippen molar-refractivity contribution in [3.63, 3.8) is 0 Å². The molecule has 1 N–H and O–H groups in total. The van der Waals surface area contributed by atoms with Gasteiger partial charge in [-0.2, -0.15) is 0 Å². The highest BCUT2D eigenvalue weighted by molar-refractivity contribution is 5.80. The van der Waals surface area contributed by atoms with Crippen LogP contribution in [0.25, 0.3) is 0 Å². The Morgan fingerprint density at radius 1 is 1.23 bits per heavy atom. The van der Waals surface area contributed by atoms with Crippen molar-refractivity contribution in [2.75, 3.05) is 58.8 Å². The molecule has 1 aliphatic carbocycles. The molecule has 0 amide bonds. The standard InChI is InChI=1S/C20H33N5O/c1-16(23(3)17-5-6-17)15-22-20(21-2)25-13-11-24(12-14-25)18-7-9-19(26-4)10-8-18/h7-10,16-17H,5-6,11-15H2,1-4H3,(H,21,22). The number of likely N-dealkylation sites (N-methyl/N-ethyl adjacent to an activating group) is 1. The van der Waals surface area contributed by atoms with E-state index in [0.717, 1.165) is 50.5 Å². The number of aliphatic imine (C=N–C) groups is 1. The third-order valence-electron chi connectivity index (χ3n) is 5.60. The molecule has 0 spiro atoms. The summed E-state index contributed by atoms with van der Waals surface area (Å²) >= 11 is 0. The molecule has 1 aromatic carbocycles. The van der Waals surface area contributed by atoms with Crippen molar-refractivity contribution in [2.24, 2.45) is 4.99 Å².